The lowest BCUT2D eigenvalue weighted by Gasteiger charge is -2.34. The van der Waals surface area contributed by atoms with Crippen LogP contribution >= 0.6 is 23.1 Å². The molecule has 0 amide bonds. The van der Waals surface area contributed by atoms with E-state index in [1.165, 1.54) is 34.7 Å². The van der Waals surface area contributed by atoms with Gasteiger partial charge in [0.05, 0.1) is 11.9 Å². The molecule has 1 saturated heterocycles. The molecule has 0 spiro atoms. The zero-order valence-electron chi connectivity index (χ0n) is 20.1. The van der Waals surface area contributed by atoms with Crippen LogP contribution in [-0.2, 0) is 6.42 Å². The van der Waals surface area contributed by atoms with E-state index in [1.807, 2.05) is 24.7 Å². The molecule has 0 radical (unpaired) electrons. The molecule has 0 unspecified atom stereocenters. The van der Waals surface area contributed by atoms with Gasteiger partial charge in [0.1, 0.15) is 11.9 Å². The largest absolute Gasteiger partial charge is 0.466 e. The highest BCUT2D eigenvalue weighted by atomic mass is 32.2. The minimum Gasteiger partial charge on any atom is -0.466 e. The number of anilines is 1. The van der Waals surface area contributed by atoms with E-state index >= 15 is 0 Å². The summed E-state index contributed by atoms with van der Waals surface area (Å²) in [5, 5.41) is 5.12. The molecule has 10 heteroatoms. The fourth-order valence-corrected chi connectivity index (χ4v) is 5.68. The standard InChI is InChI=1S/C25H29FN6OS2/c1-4-5-17-13-27-23(28-14-17)31-10-8-18(9-11-31)16(2)33-25-30-32-15-22(29-24(32)35-25)20-7-6-19(34-3)12-21(20)26/h6-7,12-16,18H,4-5,8-11H2,1-3H3/t16-/m0/s1. The van der Waals surface area contributed by atoms with Crippen LogP contribution in [0, 0.1) is 11.7 Å². The maximum atomic E-state index is 14.5. The molecule has 35 heavy (non-hydrogen) atoms. The molecule has 1 fully saturated rings. The van der Waals surface area contributed by atoms with Gasteiger partial charge < -0.3 is 9.64 Å². The molecule has 1 atom stereocenters. The van der Waals surface area contributed by atoms with E-state index < -0.39 is 0 Å². The fourth-order valence-electron chi connectivity index (χ4n) is 4.44. The summed E-state index contributed by atoms with van der Waals surface area (Å²) in [6.45, 7) is 6.10. The topological polar surface area (TPSA) is 68.4 Å². The van der Waals surface area contributed by atoms with Crippen molar-refractivity contribution >= 4 is 34.0 Å². The number of halogens is 1. The molecule has 0 saturated carbocycles. The predicted molar refractivity (Wildman–Crippen MR) is 139 cm³/mol. The van der Waals surface area contributed by atoms with Crippen LogP contribution in [-0.4, -0.2) is 50.0 Å². The number of aromatic nitrogens is 5. The summed E-state index contributed by atoms with van der Waals surface area (Å²) in [5.41, 5.74) is 2.24. The molecule has 4 aromatic rings. The summed E-state index contributed by atoms with van der Waals surface area (Å²) in [6, 6.07) is 5.21. The molecule has 1 aromatic carbocycles. The Labute approximate surface area is 212 Å². The van der Waals surface area contributed by atoms with E-state index in [2.05, 4.69) is 38.8 Å². The van der Waals surface area contributed by atoms with E-state index in [-0.39, 0.29) is 11.9 Å². The number of benzene rings is 1. The van der Waals surface area contributed by atoms with Crippen LogP contribution in [0.4, 0.5) is 10.3 Å². The number of aryl methyl sites for hydroxylation is 1. The second-order valence-corrected chi connectivity index (χ2v) is 10.7. The number of piperidine rings is 1. The Balaban J connectivity index is 1.19. The van der Waals surface area contributed by atoms with Crippen molar-refractivity contribution in [3.8, 4) is 16.5 Å². The third-order valence-electron chi connectivity index (χ3n) is 6.48. The molecule has 184 valence electrons. The normalized spacial score (nSPS) is 15.6. The minimum atomic E-state index is -0.277. The number of nitrogens with zero attached hydrogens (tertiary/aromatic N) is 6. The van der Waals surface area contributed by atoms with Crippen molar-refractivity contribution in [1.82, 2.24) is 24.6 Å². The first-order valence-corrected chi connectivity index (χ1v) is 14.0. The summed E-state index contributed by atoms with van der Waals surface area (Å²) in [5.74, 6) is 0.969. The Morgan fingerprint density at radius 3 is 2.66 bits per heavy atom. The first kappa shape index (κ1) is 24.0. The van der Waals surface area contributed by atoms with Gasteiger partial charge in [0, 0.05) is 35.9 Å². The zero-order chi connectivity index (χ0) is 24.4. The second kappa shape index (κ2) is 10.5. The summed E-state index contributed by atoms with van der Waals surface area (Å²) in [6.07, 6.45) is 11.8. The zero-order valence-corrected chi connectivity index (χ0v) is 21.8. The van der Waals surface area contributed by atoms with Crippen LogP contribution in [0.3, 0.4) is 0 Å². The number of imidazole rings is 1. The van der Waals surface area contributed by atoms with Gasteiger partial charge in [0.15, 0.2) is 0 Å². The predicted octanol–water partition coefficient (Wildman–Crippen LogP) is 5.75. The number of fused-ring (bicyclic) bond motifs is 1. The highest BCUT2D eigenvalue weighted by molar-refractivity contribution is 7.98. The molecular formula is C25H29FN6OS2. The SMILES string of the molecule is CCCc1cnc(N2CCC([C@H](C)Oc3nn4cc(-c5ccc(SC)cc5F)nc4s3)CC2)nc1. The van der Waals surface area contributed by atoms with Gasteiger partial charge in [0.25, 0.3) is 5.19 Å². The Hall–Kier alpha value is -2.72. The quantitative estimate of drug-likeness (QED) is 0.279. The molecule has 1 aliphatic heterocycles. The molecule has 4 heterocycles. The highest BCUT2D eigenvalue weighted by Crippen LogP contribution is 2.31. The van der Waals surface area contributed by atoms with Crippen molar-refractivity contribution < 1.29 is 9.13 Å². The third kappa shape index (κ3) is 5.28. The van der Waals surface area contributed by atoms with Crippen molar-refractivity contribution in [3.63, 3.8) is 0 Å². The van der Waals surface area contributed by atoms with Crippen LogP contribution in [0.15, 0.2) is 41.7 Å². The van der Waals surface area contributed by atoms with Crippen LogP contribution in [0.1, 0.15) is 38.7 Å². The minimum absolute atomic E-state index is 0.0388. The Kier molecular flexibility index (Phi) is 7.19. The van der Waals surface area contributed by atoms with Gasteiger partial charge in [-0.05, 0) is 73.5 Å². The highest BCUT2D eigenvalue weighted by Gasteiger charge is 2.27. The monoisotopic (exact) mass is 512 g/mol. The number of rotatable bonds is 8. The van der Waals surface area contributed by atoms with Crippen LogP contribution < -0.4 is 9.64 Å². The molecule has 7 nitrogen and oxygen atoms in total. The van der Waals surface area contributed by atoms with Gasteiger partial charge in [-0.25, -0.2) is 23.9 Å². The molecule has 0 bridgehead atoms. The van der Waals surface area contributed by atoms with E-state index in [9.17, 15) is 4.39 Å². The van der Waals surface area contributed by atoms with Crippen LogP contribution in [0.25, 0.3) is 16.2 Å². The Bertz CT molecular complexity index is 1250. The summed E-state index contributed by atoms with van der Waals surface area (Å²) in [4.78, 5) is 17.5. The number of hydrogen-bond acceptors (Lipinski definition) is 8. The lowest BCUT2D eigenvalue weighted by atomic mass is 9.92. The first-order chi connectivity index (χ1) is 17.0. The lowest BCUT2D eigenvalue weighted by Crippen LogP contribution is -2.39. The maximum Gasteiger partial charge on any atom is 0.294 e. The average molecular weight is 513 g/mol. The molecule has 3 aromatic heterocycles. The Morgan fingerprint density at radius 2 is 2.00 bits per heavy atom. The molecule has 0 aliphatic carbocycles. The summed E-state index contributed by atoms with van der Waals surface area (Å²) < 4.78 is 22.4. The van der Waals surface area contributed by atoms with Crippen molar-refractivity contribution in [1.29, 1.82) is 0 Å². The van der Waals surface area contributed by atoms with Crippen molar-refractivity contribution in [2.75, 3.05) is 24.2 Å². The van der Waals surface area contributed by atoms with E-state index in [0.717, 1.165) is 49.6 Å². The van der Waals surface area contributed by atoms with Gasteiger partial charge in [-0.3, -0.25) is 0 Å². The molecule has 0 N–H and O–H groups in total. The smallest absolute Gasteiger partial charge is 0.294 e. The Morgan fingerprint density at radius 1 is 1.23 bits per heavy atom. The number of thioether (sulfide) groups is 1. The number of ether oxygens (including phenoxy) is 1. The van der Waals surface area contributed by atoms with Crippen LogP contribution in [0.5, 0.6) is 5.19 Å². The summed E-state index contributed by atoms with van der Waals surface area (Å²) >= 11 is 2.90. The first-order valence-electron chi connectivity index (χ1n) is 12.0. The van der Waals surface area contributed by atoms with Crippen LogP contribution in [0.2, 0.25) is 0 Å². The van der Waals surface area contributed by atoms with Crippen molar-refractivity contribution in [2.24, 2.45) is 5.92 Å². The molecular weight excluding hydrogens is 483 g/mol. The van der Waals surface area contributed by atoms with Gasteiger partial charge >= 0.3 is 0 Å². The van der Waals surface area contributed by atoms with E-state index in [0.29, 0.717) is 27.3 Å². The summed E-state index contributed by atoms with van der Waals surface area (Å²) in [7, 11) is 0. The maximum absolute atomic E-state index is 14.5. The van der Waals surface area contributed by atoms with Gasteiger partial charge in [-0.1, -0.05) is 13.3 Å². The second-order valence-electron chi connectivity index (χ2n) is 8.86. The average Bonchev–Trinajstić information content (AvgIpc) is 3.43. The van der Waals surface area contributed by atoms with E-state index in [1.54, 1.807) is 16.8 Å². The van der Waals surface area contributed by atoms with Gasteiger partial charge in [-0.15, -0.1) is 16.9 Å². The lowest BCUT2D eigenvalue weighted by molar-refractivity contribution is 0.131. The number of hydrogen-bond donors (Lipinski definition) is 0. The third-order valence-corrected chi connectivity index (χ3v) is 8.02. The molecule has 5 rings (SSSR count). The van der Waals surface area contributed by atoms with Crippen molar-refractivity contribution in [2.45, 2.75) is 50.5 Å². The van der Waals surface area contributed by atoms with Gasteiger partial charge in [0.2, 0.25) is 10.9 Å². The fraction of sp³-hybridized carbons (Fsp3) is 0.440. The van der Waals surface area contributed by atoms with E-state index in [4.69, 9.17) is 4.74 Å². The van der Waals surface area contributed by atoms with Gasteiger partial charge in [-0.2, -0.15) is 0 Å². The molecule has 1 aliphatic rings. The van der Waals surface area contributed by atoms with Crippen molar-refractivity contribution in [3.05, 3.63) is 48.2 Å².